The van der Waals surface area contributed by atoms with Crippen molar-refractivity contribution in [1.29, 1.82) is 0 Å². The van der Waals surface area contributed by atoms with E-state index in [1.165, 1.54) is 12.2 Å². The van der Waals surface area contributed by atoms with Crippen LogP contribution in [0.25, 0.3) is 0 Å². The minimum absolute atomic E-state index is 0.278. The van der Waals surface area contributed by atoms with Crippen LogP contribution in [0.4, 0.5) is 0 Å². The fourth-order valence-corrected chi connectivity index (χ4v) is 3.95. The van der Waals surface area contributed by atoms with Gasteiger partial charge in [0.25, 0.3) is 0 Å². The van der Waals surface area contributed by atoms with Gasteiger partial charge >= 0.3 is 5.97 Å². The van der Waals surface area contributed by atoms with E-state index in [0.29, 0.717) is 18.4 Å². The van der Waals surface area contributed by atoms with E-state index in [-0.39, 0.29) is 5.92 Å². The molecule has 2 aliphatic carbocycles. The number of aliphatic hydroxyl groups is 3. The van der Waals surface area contributed by atoms with E-state index < -0.39 is 34.8 Å². The first-order valence-electron chi connectivity index (χ1n) is 6.87. The van der Waals surface area contributed by atoms with Crippen molar-refractivity contribution in [1.82, 2.24) is 0 Å². The van der Waals surface area contributed by atoms with Crippen molar-refractivity contribution in [3.63, 3.8) is 0 Å². The predicted octanol–water partition coefficient (Wildman–Crippen LogP) is 0.297. The van der Waals surface area contributed by atoms with Crippen molar-refractivity contribution in [2.45, 2.75) is 49.6 Å². The fraction of sp³-hybridized carbons (Fsp3) is 0.667. The van der Waals surface area contributed by atoms with E-state index >= 15 is 0 Å². The Balaban J connectivity index is 2.13. The van der Waals surface area contributed by atoms with E-state index in [9.17, 15) is 20.1 Å². The third-order valence-electron chi connectivity index (χ3n) is 5.26. The Hall–Kier alpha value is -1.17. The van der Waals surface area contributed by atoms with Crippen molar-refractivity contribution < 1.29 is 24.9 Å². The van der Waals surface area contributed by atoms with E-state index in [1.54, 1.807) is 13.8 Å². The van der Waals surface area contributed by atoms with Crippen LogP contribution in [0.1, 0.15) is 26.7 Å². The van der Waals surface area contributed by atoms with Gasteiger partial charge in [0.1, 0.15) is 11.7 Å². The molecule has 0 aromatic rings. The molecule has 110 valence electrons. The summed E-state index contributed by atoms with van der Waals surface area (Å²) in [5.41, 5.74) is -4.01. The second-order valence-corrected chi connectivity index (χ2v) is 6.68. The number of hydrogen-bond acceptors (Lipinski definition) is 5. The fourth-order valence-electron chi connectivity index (χ4n) is 3.95. The number of carbonyl (C=O) groups is 1. The van der Waals surface area contributed by atoms with Crippen LogP contribution < -0.4 is 0 Å². The minimum Gasteiger partial charge on any atom is -0.458 e. The second-order valence-electron chi connectivity index (χ2n) is 6.68. The molecule has 0 aromatic heterocycles. The predicted molar refractivity (Wildman–Crippen MR) is 70.6 cm³/mol. The summed E-state index contributed by atoms with van der Waals surface area (Å²) in [5.74, 6) is -1.56. The molecule has 1 saturated heterocycles. The summed E-state index contributed by atoms with van der Waals surface area (Å²) < 4.78 is 5.36. The van der Waals surface area contributed by atoms with Crippen LogP contribution in [0.2, 0.25) is 0 Å². The Kier molecular flexibility index (Phi) is 2.57. The van der Waals surface area contributed by atoms with Crippen LogP contribution in [0.3, 0.4) is 0 Å². The molecule has 1 aliphatic heterocycles. The highest BCUT2D eigenvalue weighted by atomic mass is 16.6. The maximum absolute atomic E-state index is 11.8. The van der Waals surface area contributed by atoms with Crippen molar-refractivity contribution in [2.24, 2.45) is 11.8 Å². The van der Waals surface area contributed by atoms with Gasteiger partial charge in [-0.15, -0.1) is 0 Å². The molecule has 3 rings (SSSR count). The van der Waals surface area contributed by atoms with E-state index in [4.69, 9.17) is 4.74 Å². The topological polar surface area (TPSA) is 87.0 Å². The lowest BCUT2D eigenvalue weighted by molar-refractivity contribution is -0.189. The molecule has 6 atom stereocenters. The summed E-state index contributed by atoms with van der Waals surface area (Å²) >= 11 is 0. The van der Waals surface area contributed by atoms with E-state index in [2.05, 4.69) is 6.58 Å². The molecule has 2 fully saturated rings. The smallest absolute Gasteiger partial charge is 0.334 e. The highest BCUT2D eigenvalue weighted by Gasteiger charge is 2.66. The molecular formula is C15H20O5. The van der Waals surface area contributed by atoms with Crippen LogP contribution in [-0.2, 0) is 9.53 Å². The van der Waals surface area contributed by atoms with Gasteiger partial charge in [-0.05, 0) is 26.7 Å². The Morgan fingerprint density at radius 3 is 2.60 bits per heavy atom. The number of rotatable bonds is 0. The lowest BCUT2D eigenvalue weighted by Gasteiger charge is -2.44. The van der Waals surface area contributed by atoms with Crippen molar-refractivity contribution in [3.8, 4) is 0 Å². The zero-order valence-electron chi connectivity index (χ0n) is 11.7. The first-order valence-corrected chi connectivity index (χ1v) is 6.87. The maximum Gasteiger partial charge on any atom is 0.334 e. The van der Waals surface area contributed by atoms with Crippen LogP contribution in [0.15, 0.2) is 24.3 Å². The normalized spacial score (nSPS) is 54.4. The standard InChI is InChI=1S/C15H20O5/c1-8-9-4-5-14(3,18)15(19)7-6-13(2,17)11(15)10(9)20-12(8)16/h6-7,9-11,17-19H,1,4-5H2,2-3H3/t9-,10-,11-,13-,14-,15-/m0/s1. The average molecular weight is 280 g/mol. The number of fused-ring (bicyclic) bond motifs is 3. The molecule has 0 spiro atoms. The molecule has 5 nitrogen and oxygen atoms in total. The highest BCUT2D eigenvalue weighted by Crippen LogP contribution is 2.54. The van der Waals surface area contributed by atoms with Crippen LogP contribution in [0, 0.1) is 11.8 Å². The Morgan fingerprint density at radius 1 is 1.30 bits per heavy atom. The van der Waals surface area contributed by atoms with Crippen molar-refractivity contribution in [3.05, 3.63) is 24.3 Å². The summed E-state index contributed by atoms with van der Waals surface area (Å²) in [4.78, 5) is 11.8. The van der Waals surface area contributed by atoms with Gasteiger partial charge in [-0.25, -0.2) is 4.79 Å². The van der Waals surface area contributed by atoms with Gasteiger partial charge in [-0.2, -0.15) is 0 Å². The summed E-state index contributed by atoms with van der Waals surface area (Å²) in [6, 6.07) is 0. The molecule has 20 heavy (non-hydrogen) atoms. The summed E-state index contributed by atoms with van der Waals surface area (Å²) in [5, 5.41) is 32.1. The van der Waals surface area contributed by atoms with E-state index in [1.807, 2.05) is 0 Å². The molecule has 3 N–H and O–H groups in total. The molecule has 1 heterocycles. The summed E-state index contributed by atoms with van der Waals surface area (Å²) in [6.07, 6.45) is 3.04. The largest absolute Gasteiger partial charge is 0.458 e. The van der Waals surface area contributed by atoms with Gasteiger partial charge in [-0.1, -0.05) is 18.7 Å². The maximum atomic E-state index is 11.8. The van der Waals surface area contributed by atoms with Gasteiger partial charge in [0, 0.05) is 11.5 Å². The molecule has 5 heteroatoms. The Bertz CT molecular complexity index is 518. The zero-order chi connectivity index (χ0) is 14.9. The monoisotopic (exact) mass is 280 g/mol. The third kappa shape index (κ3) is 1.51. The van der Waals surface area contributed by atoms with Crippen molar-refractivity contribution in [2.75, 3.05) is 0 Å². The molecule has 0 amide bonds. The minimum atomic E-state index is -1.62. The molecule has 0 unspecified atom stereocenters. The SMILES string of the molecule is C=C1C(=O)O[C@H]2[C@H]1CC[C@](C)(O)[C@]1(O)C=C[C@](C)(O)[C@H]21. The third-order valence-corrected chi connectivity index (χ3v) is 5.26. The summed E-state index contributed by atoms with van der Waals surface area (Å²) in [6.45, 7) is 6.86. The molecule has 0 aromatic carbocycles. The van der Waals surface area contributed by atoms with Gasteiger partial charge in [0.2, 0.25) is 0 Å². The van der Waals surface area contributed by atoms with Crippen LogP contribution in [-0.4, -0.2) is 44.2 Å². The van der Waals surface area contributed by atoms with Crippen LogP contribution >= 0.6 is 0 Å². The molecule has 3 aliphatic rings. The molecular weight excluding hydrogens is 260 g/mol. The summed E-state index contributed by atoms with van der Waals surface area (Å²) in [7, 11) is 0. The van der Waals surface area contributed by atoms with Crippen LogP contribution in [0.5, 0.6) is 0 Å². The van der Waals surface area contributed by atoms with E-state index in [0.717, 1.165) is 0 Å². The van der Waals surface area contributed by atoms with Gasteiger partial charge in [0.15, 0.2) is 0 Å². The lowest BCUT2D eigenvalue weighted by atomic mass is 9.70. The highest BCUT2D eigenvalue weighted by molar-refractivity contribution is 5.91. The van der Waals surface area contributed by atoms with Gasteiger partial charge in [0.05, 0.1) is 17.1 Å². The molecule has 1 saturated carbocycles. The quantitative estimate of drug-likeness (QED) is 0.337. The first kappa shape index (κ1) is 13.8. The molecule has 0 radical (unpaired) electrons. The Morgan fingerprint density at radius 2 is 1.95 bits per heavy atom. The average Bonchev–Trinajstić information content (AvgIpc) is 2.70. The number of esters is 1. The number of ether oxygens (including phenoxy) is 1. The number of hydrogen-bond donors (Lipinski definition) is 3. The van der Waals surface area contributed by atoms with Gasteiger partial charge in [-0.3, -0.25) is 0 Å². The lowest BCUT2D eigenvalue weighted by Crippen LogP contribution is -2.60. The van der Waals surface area contributed by atoms with Crippen molar-refractivity contribution >= 4 is 5.97 Å². The molecule has 0 bridgehead atoms. The van der Waals surface area contributed by atoms with Gasteiger partial charge < -0.3 is 20.1 Å². The second kappa shape index (κ2) is 3.72. The first-order chi connectivity index (χ1) is 9.10. The zero-order valence-corrected chi connectivity index (χ0v) is 11.7. The Labute approximate surface area is 117 Å². The number of carbonyl (C=O) groups excluding carboxylic acids is 1.